The Labute approximate surface area is 151 Å². The summed E-state index contributed by atoms with van der Waals surface area (Å²) >= 11 is 0. The van der Waals surface area contributed by atoms with Crippen LogP contribution < -0.4 is 5.73 Å². The maximum atomic E-state index is 13.1. The van der Waals surface area contributed by atoms with Crippen LogP contribution in [0.25, 0.3) is 0 Å². The Balaban J connectivity index is 2.26. The molecular weight excluding hydrogens is 326 g/mol. The van der Waals surface area contributed by atoms with E-state index >= 15 is 0 Å². The number of benzene rings is 2. The minimum absolute atomic E-state index is 0.118. The van der Waals surface area contributed by atoms with E-state index in [0.717, 1.165) is 0 Å². The van der Waals surface area contributed by atoms with Gasteiger partial charge in [0.25, 0.3) is 0 Å². The number of carbonyl (C=O) groups is 1. The summed E-state index contributed by atoms with van der Waals surface area (Å²) in [6.07, 6.45) is 0. The number of carbonyl (C=O) groups excluding carboxylic acids is 1. The molecule has 128 valence electrons. The van der Waals surface area contributed by atoms with Gasteiger partial charge in [-0.1, -0.05) is 24.3 Å². The Bertz CT molecular complexity index is 998. The van der Waals surface area contributed by atoms with Crippen LogP contribution in [-0.2, 0) is 10.3 Å². The topological polar surface area (TPSA) is 106 Å². The summed E-state index contributed by atoms with van der Waals surface area (Å²) in [4.78, 5) is 19.0. The number of rotatable bonds is 2. The molecule has 0 bridgehead atoms. The Kier molecular flexibility index (Phi) is 4.19. The quantitative estimate of drug-likeness (QED) is 0.902. The van der Waals surface area contributed by atoms with Crippen molar-refractivity contribution >= 4 is 11.9 Å². The predicted molar refractivity (Wildman–Crippen MR) is 96.8 cm³/mol. The number of nitrogens with zero attached hydrogens (tertiary/aromatic N) is 4. The Hall–Kier alpha value is -3.64. The Morgan fingerprint density at radius 3 is 2.38 bits per heavy atom. The summed E-state index contributed by atoms with van der Waals surface area (Å²) in [6.45, 7) is 1.82. The number of hydrogen-bond acceptors (Lipinski definition) is 5. The van der Waals surface area contributed by atoms with Gasteiger partial charge in [-0.25, -0.2) is 4.99 Å². The molecule has 2 N–H and O–H groups in total. The summed E-state index contributed by atoms with van der Waals surface area (Å²) in [5.74, 6) is -0.757. The highest BCUT2D eigenvalue weighted by Gasteiger charge is 2.47. The fourth-order valence-corrected chi connectivity index (χ4v) is 3.31. The zero-order chi connectivity index (χ0) is 18.9. The third kappa shape index (κ3) is 2.68. The van der Waals surface area contributed by atoms with Crippen molar-refractivity contribution in [1.82, 2.24) is 4.90 Å². The van der Waals surface area contributed by atoms with Crippen molar-refractivity contribution in [2.45, 2.75) is 18.4 Å². The van der Waals surface area contributed by atoms with E-state index in [9.17, 15) is 15.3 Å². The molecule has 6 nitrogen and oxygen atoms in total. The van der Waals surface area contributed by atoms with Crippen LogP contribution >= 0.6 is 0 Å². The van der Waals surface area contributed by atoms with Gasteiger partial charge in [-0.3, -0.25) is 9.69 Å². The molecule has 6 heteroatoms. The highest BCUT2D eigenvalue weighted by atomic mass is 16.2. The molecule has 0 spiro atoms. The van der Waals surface area contributed by atoms with Gasteiger partial charge in [-0.05, 0) is 42.3 Å². The summed E-state index contributed by atoms with van der Waals surface area (Å²) in [5.41, 5.74) is 7.34. The summed E-state index contributed by atoms with van der Waals surface area (Å²) in [5, 5.41) is 18.4. The van der Waals surface area contributed by atoms with E-state index < -0.39 is 11.5 Å². The molecule has 0 aliphatic carbocycles. The van der Waals surface area contributed by atoms with Gasteiger partial charge in [-0.2, -0.15) is 10.5 Å². The molecule has 2 aromatic rings. The summed E-state index contributed by atoms with van der Waals surface area (Å²) in [6, 6.07) is 18.1. The monoisotopic (exact) mass is 343 g/mol. The van der Waals surface area contributed by atoms with Crippen molar-refractivity contribution in [3.8, 4) is 12.1 Å². The van der Waals surface area contributed by atoms with Crippen molar-refractivity contribution < 1.29 is 4.79 Å². The van der Waals surface area contributed by atoms with Crippen LogP contribution in [0.15, 0.2) is 53.5 Å². The molecule has 2 atom stereocenters. The van der Waals surface area contributed by atoms with Crippen molar-refractivity contribution in [1.29, 1.82) is 10.5 Å². The highest BCUT2D eigenvalue weighted by Crippen LogP contribution is 2.44. The van der Waals surface area contributed by atoms with Crippen LogP contribution in [0.1, 0.15) is 35.1 Å². The fourth-order valence-electron chi connectivity index (χ4n) is 3.31. The van der Waals surface area contributed by atoms with Gasteiger partial charge in [-0.15, -0.1) is 0 Å². The second kappa shape index (κ2) is 6.34. The number of nitriles is 2. The molecule has 0 saturated carbocycles. The van der Waals surface area contributed by atoms with Gasteiger partial charge in [0.1, 0.15) is 5.54 Å². The lowest BCUT2D eigenvalue weighted by Crippen LogP contribution is -2.52. The van der Waals surface area contributed by atoms with E-state index in [1.807, 2.05) is 13.0 Å². The van der Waals surface area contributed by atoms with E-state index in [0.29, 0.717) is 22.3 Å². The lowest BCUT2D eigenvalue weighted by atomic mass is 9.74. The largest absolute Gasteiger partial charge is 0.369 e. The minimum atomic E-state index is -0.991. The smallest absolute Gasteiger partial charge is 0.239 e. The number of amides is 1. The third-order valence-corrected chi connectivity index (χ3v) is 4.76. The van der Waals surface area contributed by atoms with Crippen LogP contribution in [-0.4, -0.2) is 23.8 Å². The molecule has 1 amide bonds. The first kappa shape index (κ1) is 17.2. The zero-order valence-corrected chi connectivity index (χ0v) is 14.5. The lowest BCUT2D eigenvalue weighted by molar-refractivity contribution is -0.130. The number of likely N-dealkylation sites (N-methyl/N-ethyl adjacent to an activating group) is 1. The van der Waals surface area contributed by atoms with Crippen LogP contribution in [0, 0.1) is 22.7 Å². The van der Waals surface area contributed by atoms with Gasteiger partial charge in [0.15, 0.2) is 5.96 Å². The van der Waals surface area contributed by atoms with Gasteiger partial charge in [0, 0.05) is 7.05 Å². The summed E-state index contributed by atoms with van der Waals surface area (Å²) in [7, 11) is 1.58. The predicted octanol–water partition coefficient (Wildman–Crippen LogP) is 2.22. The average molecular weight is 343 g/mol. The van der Waals surface area contributed by atoms with Crippen LogP contribution in [0.5, 0.6) is 0 Å². The normalized spacial score (nSPS) is 22.3. The molecule has 0 unspecified atom stereocenters. The third-order valence-electron chi connectivity index (χ3n) is 4.76. The van der Waals surface area contributed by atoms with E-state index in [1.165, 1.54) is 4.90 Å². The average Bonchev–Trinajstić information content (AvgIpc) is 2.66. The van der Waals surface area contributed by atoms with Crippen molar-refractivity contribution in [2.75, 3.05) is 7.05 Å². The van der Waals surface area contributed by atoms with Crippen molar-refractivity contribution in [2.24, 2.45) is 10.7 Å². The van der Waals surface area contributed by atoms with Crippen LogP contribution in [0.4, 0.5) is 0 Å². The van der Waals surface area contributed by atoms with Gasteiger partial charge in [0.2, 0.25) is 5.91 Å². The maximum Gasteiger partial charge on any atom is 0.239 e. The first-order chi connectivity index (χ1) is 12.4. The Morgan fingerprint density at radius 1 is 1.12 bits per heavy atom. The first-order valence-corrected chi connectivity index (χ1v) is 8.04. The zero-order valence-electron chi connectivity index (χ0n) is 14.5. The fraction of sp³-hybridized carbons (Fsp3) is 0.200. The number of nitrogens with two attached hydrogens (primary N) is 1. The molecule has 3 rings (SSSR count). The van der Waals surface area contributed by atoms with Gasteiger partial charge in [0.05, 0.1) is 29.2 Å². The van der Waals surface area contributed by atoms with Crippen LogP contribution in [0.3, 0.4) is 0 Å². The van der Waals surface area contributed by atoms with E-state index in [1.54, 1.807) is 49.5 Å². The first-order valence-electron chi connectivity index (χ1n) is 8.04. The number of aliphatic imine (C=N–C) groups is 1. The molecule has 0 aromatic heterocycles. The molecule has 1 aliphatic heterocycles. The number of guanidine groups is 1. The number of hydrogen-bond donors (Lipinski definition) is 1. The van der Waals surface area contributed by atoms with E-state index in [4.69, 9.17) is 5.73 Å². The molecule has 2 aromatic carbocycles. The molecule has 26 heavy (non-hydrogen) atoms. The Morgan fingerprint density at radius 2 is 1.73 bits per heavy atom. The minimum Gasteiger partial charge on any atom is -0.369 e. The van der Waals surface area contributed by atoms with E-state index in [-0.39, 0.29) is 11.9 Å². The van der Waals surface area contributed by atoms with Gasteiger partial charge < -0.3 is 5.73 Å². The molecular formula is C20H17N5O. The van der Waals surface area contributed by atoms with Crippen molar-refractivity contribution in [3.05, 3.63) is 70.8 Å². The molecule has 0 saturated heterocycles. The standard InChI is InChI=1S/C20H17N5O/c1-20(16-8-4-6-14(10-16)12-22)17(18(26)25(2)19(23)24-20)15-7-3-5-13(9-15)11-21/h3-10,17H,1-2H3,(H2,23,24)/t17-,20+/m0/s1. The maximum absolute atomic E-state index is 13.1. The summed E-state index contributed by atoms with van der Waals surface area (Å²) < 4.78 is 0. The van der Waals surface area contributed by atoms with E-state index in [2.05, 4.69) is 17.1 Å². The van der Waals surface area contributed by atoms with Gasteiger partial charge >= 0.3 is 0 Å². The molecule has 0 fully saturated rings. The molecule has 1 heterocycles. The SMILES string of the molecule is CN1C(=O)[C@H](c2cccc(C#N)c2)[C@@](C)(c2cccc(C#N)c2)N=C1N. The molecule has 0 radical (unpaired) electrons. The van der Waals surface area contributed by atoms with Crippen molar-refractivity contribution in [3.63, 3.8) is 0 Å². The second-order valence-corrected chi connectivity index (χ2v) is 6.38. The second-order valence-electron chi connectivity index (χ2n) is 6.38. The molecule has 1 aliphatic rings. The van der Waals surface area contributed by atoms with Crippen LogP contribution in [0.2, 0.25) is 0 Å². The lowest BCUT2D eigenvalue weighted by Gasteiger charge is -2.41. The highest BCUT2D eigenvalue weighted by molar-refractivity contribution is 6.02.